The summed E-state index contributed by atoms with van der Waals surface area (Å²) in [7, 11) is -3.56. The Bertz CT molecular complexity index is 506. The standard InChI is InChI=1S/C13H24N2O4S/c1-4-15(5-2)8-6-7-14-20(17,18)13-9-12(10-16)19-11(13)3/h9,14,16H,4-8,10H2,1-3H3. The smallest absolute Gasteiger partial charge is 0.244 e. The molecular weight excluding hydrogens is 280 g/mol. The van der Waals surface area contributed by atoms with Crippen LogP contribution in [0.1, 0.15) is 31.8 Å². The number of sulfonamides is 1. The van der Waals surface area contributed by atoms with Gasteiger partial charge in [0.2, 0.25) is 10.0 Å². The lowest BCUT2D eigenvalue weighted by Crippen LogP contribution is -2.30. The zero-order valence-corrected chi connectivity index (χ0v) is 13.2. The van der Waals surface area contributed by atoms with Gasteiger partial charge in [-0.2, -0.15) is 0 Å². The van der Waals surface area contributed by atoms with Gasteiger partial charge in [-0.25, -0.2) is 13.1 Å². The largest absolute Gasteiger partial charge is 0.462 e. The highest BCUT2D eigenvalue weighted by molar-refractivity contribution is 7.89. The number of rotatable bonds is 9. The molecule has 116 valence electrons. The highest BCUT2D eigenvalue weighted by Crippen LogP contribution is 2.19. The van der Waals surface area contributed by atoms with Crippen molar-refractivity contribution in [2.75, 3.05) is 26.2 Å². The predicted octanol–water partition coefficient (Wildman–Crippen LogP) is 1.09. The fraction of sp³-hybridized carbons (Fsp3) is 0.692. The molecule has 0 aliphatic carbocycles. The number of aryl methyl sites for hydroxylation is 1. The van der Waals surface area contributed by atoms with E-state index in [-0.39, 0.29) is 17.3 Å². The van der Waals surface area contributed by atoms with E-state index in [1.165, 1.54) is 6.07 Å². The maximum Gasteiger partial charge on any atom is 0.244 e. The number of hydrogen-bond donors (Lipinski definition) is 2. The summed E-state index contributed by atoms with van der Waals surface area (Å²) in [6, 6.07) is 1.36. The van der Waals surface area contributed by atoms with Crippen LogP contribution in [0.5, 0.6) is 0 Å². The number of nitrogens with zero attached hydrogens (tertiary/aromatic N) is 1. The van der Waals surface area contributed by atoms with Crippen LogP contribution in [0.4, 0.5) is 0 Å². The highest BCUT2D eigenvalue weighted by Gasteiger charge is 2.20. The third-order valence-electron chi connectivity index (χ3n) is 3.21. The molecule has 6 nitrogen and oxygen atoms in total. The fourth-order valence-corrected chi connectivity index (χ4v) is 3.27. The first-order valence-corrected chi connectivity index (χ1v) is 8.35. The summed E-state index contributed by atoms with van der Waals surface area (Å²) in [4.78, 5) is 2.34. The van der Waals surface area contributed by atoms with Crippen LogP contribution in [0.15, 0.2) is 15.4 Å². The molecule has 1 rings (SSSR count). The Hall–Kier alpha value is -0.890. The van der Waals surface area contributed by atoms with E-state index >= 15 is 0 Å². The molecule has 0 radical (unpaired) electrons. The number of aliphatic hydroxyl groups excluding tert-OH is 1. The summed E-state index contributed by atoms with van der Waals surface area (Å²) < 4.78 is 31.9. The van der Waals surface area contributed by atoms with Crippen LogP contribution in [0.3, 0.4) is 0 Å². The zero-order valence-electron chi connectivity index (χ0n) is 12.3. The van der Waals surface area contributed by atoms with Gasteiger partial charge in [0, 0.05) is 12.6 Å². The average molecular weight is 304 g/mol. The van der Waals surface area contributed by atoms with Crippen molar-refractivity contribution in [1.82, 2.24) is 9.62 Å². The van der Waals surface area contributed by atoms with Gasteiger partial charge in [0.15, 0.2) is 0 Å². The first-order valence-electron chi connectivity index (χ1n) is 6.86. The summed E-state index contributed by atoms with van der Waals surface area (Å²) in [5.41, 5.74) is 0. The monoisotopic (exact) mass is 304 g/mol. The van der Waals surface area contributed by atoms with Crippen molar-refractivity contribution in [2.45, 2.75) is 38.7 Å². The molecule has 1 aromatic heterocycles. The number of aliphatic hydroxyl groups is 1. The van der Waals surface area contributed by atoms with E-state index in [2.05, 4.69) is 23.5 Å². The second-order valence-electron chi connectivity index (χ2n) is 4.57. The van der Waals surface area contributed by atoms with Gasteiger partial charge in [-0.05, 0) is 33.0 Å². The normalized spacial score (nSPS) is 12.2. The second kappa shape index (κ2) is 7.78. The quantitative estimate of drug-likeness (QED) is 0.667. The second-order valence-corrected chi connectivity index (χ2v) is 6.30. The molecule has 0 saturated heterocycles. The molecule has 0 bridgehead atoms. The zero-order chi connectivity index (χ0) is 15.2. The average Bonchev–Trinajstić information content (AvgIpc) is 2.81. The number of furan rings is 1. The minimum atomic E-state index is -3.56. The third kappa shape index (κ3) is 4.59. The van der Waals surface area contributed by atoms with Gasteiger partial charge in [-0.3, -0.25) is 0 Å². The number of hydrogen-bond acceptors (Lipinski definition) is 5. The third-order valence-corrected chi connectivity index (χ3v) is 4.77. The Labute approximate surface area is 120 Å². The molecule has 0 fully saturated rings. The molecule has 20 heavy (non-hydrogen) atoms. The predicted molar refractivity (Wildman–Crippen MR) is 77.0 cm³/mol. The first kappa shape index (κ1) is 17.2. The van der Waals surface area contributed by atoms with Crippen LogP contribution < -0.4 is 4.72 Å². The minimum absolute atomic E-state index is 0.101. The molecule has 0 atom stereocenters. The van der Waals surface area contributed by atoms with Gasteiger partial charge >= 0.3 is 0 Å². The Morgan fingerprint density at radius 1 is 1.35 bits per heavy atom. The minimum Gasteiger partial charge on any atom is -0.462 e. The molecule has 1 aromatic rings. The Morgan fingerprint density at radius 2 is 2.00 bits per heavy atom. The molecule has 0 aromatic carbocycles. The van der Waals surface area contributed by atoms with E-state index in [0.29, 0.717) is 12.3 Å². The molecule has 1 heterocycles. The van der Waals surface area contributed by atoms with Crippen LogP contribution in [0.2, 0.25) is 0 Å². The van der Waals surface area contributed by atoms with Crippen LogP contribution in [0, 0.1) is 6.92 Å². The summed E-state index contributed by atoms with van der Waals surface area (Å²) in [6.45, 7) is 8.60. The maximum atomic E-state index is 12.1. The SMILES string of the molecule is CCN(CC)CCCNS(=O)(=O)c1cc(CO)oc1C. The Kier molecular flexibility index (Phi) is 6.67. The van der Waals surface area contributed by atoms with Crippen LogP contribution in [-0.2, 0) is 16.6 Å². The van der Waals surface area contributed by atoms with Crippen LogP contribution in [-0.4, -0.2) is 44.6 Å². The fourth-order valence-electron chi connectivity index (χ4n) is 2.00. The Morgan fingerprint density at radius 3 is 2.50 bits per heavy atom. The van der Waals surface area contributed by atoms with E-state index < -0.39 is 10.0 Å². The van der Waals surface area contributed by atoms with E-state index in [9.17, 15) is 8.42 Å². The van der Waals surface area contributed by atoms with Crippen molar-refractivity contribution < 1.29 is 17.9 Å². The van der Waals surface area contributed by atoms with Crippen molar-refractivity contribution in [3.05, 3.63) is 17.6 Å². The summed E-state index contributed by atoms with van der Waals surface area (Å²) in [5.74, 6) is 0.552. The van der Waals surface area contributed by atoms with Crippen molar-refractivity contribution in [1.29, 1.82) is 0 Å². The van der Waals surface area contributed by atoms with Crippen molar-refractivity contribution in [3.8, 4) is 0 Å². The molecule has 0 spiro atoms. The molecule has 0 aliphatic rings. The molecular formula is C13H24N2O4S. The van der Waals surface area contributed by atoms with E-state index in [0.717, 1.165) is 26.1 Å². The molecule has 2 N–H and O–H groups in total. The van der Waals surface area contributed by atoms with Gasteiger partial charge in [-0.1, -0.05) is 13.8 Å². The van der Waals surface area contributed by atoms with Crippen molar-refractivity contribution >= 4 is 10.0 Å². The molecule has 0 saturated carbocycles. The maximum absolute atomic E-state index is 12.1. The summed E-state index contributed by atoms with van der Waals surface area (Å²) in [6.07, 6.45) is 0.755. The molecule has 0 unspecified atom stereocenters. The van der Waals surface area contributed by atoms with Gasteiger partial charge in [0.1, 0.15) is 23.0 Å². The van der Waals surface area contributed by atoms with Gasteiger partial charge in [0.25, 0.3) is 0 Å². The lowest BCUT2D eigenvalue weighted by Gasteiger charge is -2.17. The van der Waals surface area contributed by atoms with E-state index in [4.69, 9.17) is 9.52 Å². The first-order chi connectivity index (χ1) is 9.44. The van der Waals surface area contributed by atoms with Crippen molar-refractivity contribution in [2.24, 2.45) is 0 Å². The van der Waals surface area contributed by atoms with E-state index in [1.807, 2.05) is 0 Å². The lowest BCUT2D eigenvalue weighted by atomic mass is 10.4. The molecule has 0 aliphatic heterocycles. The Balaban J connectivity index is 2.55. The number of nitrogens with one attached hydrogen (secondary N) is 1. The van der Waals surface area contributed by atoms with Gasteiger partial charge < -0.3 is 14.4 Å². The van der Waals surface area contributed by atoms with Gasteiger partial charge in [-0.15, -0.1) is 0 Å². The highest BCUT2D eigenvalue weighted by atomic mass is 32.2. The van der Waals surface area contributed by atoms with Crippen LogP contribution >= 0.6 is 0 Å². The van der Waals surface area contributed by atoms with Crippen LogP contribution in [0.25, 0.3) is 0 Å². The summed E-state index contributed by atoms with van der Waals surface area (Å²) >= 11 is 0. The molecule has 0 amide bonds. The van der Waals surface area contributed by atoms with E-state index in [1.54, 1.807) is 6.92 Å². The summed E-state index contributed by atoms with van der Waals surface area (Å²) in [5, 5.41) is 8.96. The van der Waals surface area contributed by atoms with Gasteiger partial charge in [0.05, 0.1) is 0 Å². The lowest BCUT2D eigenvalue weighted by molar-refractivity contribution is 0.244. The topological polar surface area (TPSA) is 82.8 Å². The molecule has 7 heteroatoms. The van der Waals surface area contributed by atoms with Crippen molar-refractivity contribution in [3.63, 3.8) is 0 Å².